The summed E-state index contributed by atoms with van der Waals surface area (Å²) in [6.45, 7) is 1.79. The molecule has 1 aliphatic heterocycles. The van der Waals surface area contributed by atoms with Crippen molar-refractivity contribution >= 4 is 17.3 Å². The molecule has 1 heterocycles. The summed E-state index contributed by atoms with van der Waals surface area (Å²) >= 11 is 0. The molecule has 2 rings (SSSR count). The minimum Gasteiger partial charge on any atom is -0.372 e. The Morgan fingerprint density at radius 2 is 2.21 bits per heavy atom. The molecule has 14 heavy (non-hydrogen) atoms. The third kappa shape index (κ3) is 1.29. The van der Waals surface area contributed by atoms with Gasteiger partial charge in [0.15, 0.2) is 0 Å². The number of carbonyl (C=O) groups is 1. The van der Waals surface area contributed by atoms with Gasteiger partial charge in [-0.3, -0.25) is 4.79 Å². The van der Waals surface area contributed by atoms with Gasteiger partial charge in [-0.2, -0.15) is 5.26 Å². The second-order valence-corrected chi connectivity index (χ2v) is 3.23. The Balaban J connectivity index is 2.44. The first-order chi connectivity index (χ1) is 6.70. The highest BCUT2D eigenvalue weighted by atomic mass is 16.2. The summed E-state index contributed by atoms with van der Waals surface area (Å²) in [6, 6.07) is 6.97. The van der Waals surface area contributed by atoms with Gasteiger partial charge < -0.3 is 10.6 Å². The number of carbonyl (C=O) groups excluding carboxylic acids is 1. The van der Waals surface area contributed by atoms with Crippen LogP contribution in [-0.2, 0) is 4.79 Å². The zero-order chi connectivity index (χ0) is 10.1. The van der Waals surface area contributed by atoms with E-state index in [9.17, 15) is 4.79 Å². The smallest absolute Gasteiger partial charge is 0.246 e. The van der Waals surface area contributed by atoms with Crippen molar-refractivity contribution in [1.29, 1.82) is 5.26 Å². The minimum absolute atomic E-state index is 0.0763. The first-order valence-electron chi connectivity index (χ1n) is 4.32. The third-order valence-corrected chi connectivity index (χ3v) is 2.17. The monoisotopic (exact) mass is 187 g/mol. The summed E-state index contributed by atoms with van der Waals surface area (Å²) in [5.41, 5.74) is 2.07. The van der Waals surface area contributed by atoms with Crippen LogP contribution < -0.4 is 10.6 Å². The number of anilines is 2. The van der Waals surface area contributed by atoms with E-state index < -0.39 is 0 Å². The molecule has 0 unspecified atom stereocenters. The van der Waals surface area contributed by atoms with Crippen LogP contribution in [0, 0.1) is 11.3 Å². The third-order valence-electron chi connectivity index (χ3n) is 2.17. The standard InChI is InChI=1S/C10H9N3O/c1-6-10(14)13-9-4-7(5-11)2-3-8(9)12-6/h2-4,6,12H,1H3,(H,13,14)/t6-/m0/s1. The van der Waals surface area contributed by atoms with Crippen LogP contribution in [0.1, 0.15) is 12.5 Å². The lowest BCUT2D eigenvalue weighted by Crippen LogP contribution is -2.36. The van der Waals surface area contributed by atoms with Crippen LogP contribution in [0.25, 0.3) is 0 Å². The number of hydrogen-bond acceptors (Lipinski definition) is 3. The molecule has 4 nitrogen and oxygen atoms in total. The van der Waals surface area contributed by atoms with Gasteiger partial charge in [0, 0.05) is 0 Å². The van der Waals surface area contributed by atoms with E-state index in [0.717, 1.165) is 5.69 Å². The van der Waals surface area contributed by atoms with Crippen molar-refractivity contribution in [3.8, 4) is 6.07 Å². The number of rotatable bonds is 0. The van der Waals surface area contributed by atoms with Crippen LogP contribution in [-0.4, -0.2) is 11.9 Å². The summed E-state index contributed by atoms with van der Waals surface area (Å²) in [7, 11) is 0. The van der Waals surface area contributed by atoms with Gasteiger partial charge in [-0.15, -0.1) is 0 Å². The lowest BCUT2D eigenvalue weighted by atomic mass is 10.1. The molecule has 0 bridgehead atoms. The Labute approximate surface area is 81.5 Å². The molecule has 1 atom stereocenters. The summed E-state index contributed by atoms with van der Waals surface area (Å²) < 4.78 is 0. The number of benzene rings is 1. The van der Waals surface area contributed by atoms with E-state index in [4.69, 9.17) is 5.26 Å². The molecule has 0 saturated carbocycles. The molecule has 4 heteroatoms. The summed E-state index contributed by atoms with van der Waals surface area (Å²) in [4.78, 5) is 11.3. The number of nitrogens with one attached hydrogen (secondary N) is 2. The van der Waals surface area contributed by atoms with Crippen molar-refractivity contribution in [3.63, 3.8) is 0 Å². The van der Waals surface area contributed by atoms with Crippen molar-refractivity contribution in [2.75, 3.05) is 10.6 Å². The average Bonchev–Trinajstić information content (AvgIpc) is 2.19. The molecule has 0 fully saturated rings. The van der Waals surface area contributed by atoms with E-state index in [0.29, 0.717) is 11.3 Å². The molecule has 0 spiro atoms. The zero-order valence-electron chi connectivity index (χ0n) is 7.66. The number of amides is 1. The molecule has 1 amide bonds. The molecular weight excluding hydrogens is 178 g/mol. The molecule has 2 N–H and O–H groups in total. The van der Waals surface area contributed by atoms with Crippen LogP contribution in [0.3, 0.4) is 0 Å². The molecule has 1 aromatic carbocycles. The Morgan fingerprint density at radius 3 is 2.93 bits per heavy atom. The van der Waals surface area contributed by atoms with E-state index in [1.54, 1.807) is 25.1 Å². The van der Waals surface area contributed by atoms with Crippen molar-refractivity contribution < 1.29 is 4.79 Å². The van der Waals surface area contributed by atoms with Gasteiger partial charge in [0.25, 0.3) is 0 Å². The van der Waals surface area contributed by atoms with Gasteiger partial charge in [0.2, 0.25) is 5.91 Å². The molecule has 1 aromatic rings. The minimum atomic E-state index is -0.226. The Morgan fingerprint density at radius 1 is 1.43 bits per heavy atom. The van der Waals surface area contributed by atoms with Crippen molar-refractivity contribution in [2.45, 2.75) is 13.0 Å². The van der Waals surface area contributed by atoms with Crippen molar-refractivity contribution in [3.05, 3.63) is 23.8 Å². The van der Waals surface area contributed by atoms with E-state index in [1.165, 1.54) is 0 Å². The molecule has 1 aliphatic rings. The molecule has 0 radical (unpaired) electrons. The summed E-state index contributed by atoms with van der Waals surface area (Å²) in [6.07, 6.45) is 0. The van der Waals surface area contributed by atoms with Gasteiger partial charge in [-0.25, -0.2) is 0 Å². The maximum Gasteiger partial charge on any atom is 0.246 e. The maximum atomic E-state index is 11.3. The highest BCUT2D eigenvalue weighted by Gasteiger charge is 2.20. The van der Waals surface area contributed by atoms with Crippen LogP contribution in [0.5, 0.6) is 0 Å². The number of hydrogen-bond donors (Lipinski definition) is 2. The van der Waals surface area contributed by atoms with Crippen molar-refractivity contribution in [1.82, 2.24) is 0 Å². The predicted octanol–water partition coefficient (Wildman–Crippen LogP) is 1.31. The van der Waals surface area contributed by atoms with Gasteiger partial charge >= 0.3 is 0 Å². The number of nitriles is 1. The van der Waals surface area contributed by atoms with E-state index >= 15 is 0 Å². The number of fused-ring (bicyclic) bond motifs is 1. The second-order valence-electron chi connectivity index (χ2n) is 3.23. The van der Waals surface area contributed by atoms with Gasteiger partial charge in [0.1, 0.15) is 6.04 Å². The van der Waals surface area contributed by atoms with Crippen molar-refractivity contribution in [2.24, 2.45) is 0 Å². The van der Waals surface area contributed by atoms with E-state index in [2.05, 4.69) is 10.6 Å². The highest BCUT2D eigenvalue weighted by molar-refractivity contribution is 6.02. The topological polar surface area (TPSA) is 64.9 Å². The quantitative estimate of drug-likeness (QED) is 0.643. The van der Waals surface area contributed by atoms with Crippen LogP contribution in [0.4, 0.5) is 11.4 Å². The summed E-state index contributed by atoms with van der Waals surface area (Å²) in [5.74, 6) is -0.0763. The predicted molar refractivity (Wildman–Crippen MR) is 52.9 cm³/mol. The zero-order valence-corrected chi connectivity index (χ0v) is 7.66. The van der Waals surface area contributed by atoms with E-state index in [-0.39, 0.29) is 11.9 Å². The highest BCUT2D eigenvalue weighted by Crippen LogP contribution is 2.27. The largest absolute Gasteiger partial charge is 0.372 e. The van der Waals surface area contributed by atoms with Gasteiger partial charge in [0.05, 0.1) is 23.0 Å². The molecule has 70 valence electrons. The van der Waals surface area contributed by atoms with Crippen LogP contribution in [0.2, 0.25) is 0 Å². The SMILES string of the molecule is C[C@@H]1Nc2ccc(C#N)cc2NC1=O. The molecule has 0 saturated heterocycles. The first-order valence-corrected chi connectivity index (χ1v) is 4.32. The fourth-order valence-corrected chi connectivity index (χ4v) is 1.38. The lowest BCUT2D eigenvalue weighted by molar-refractivity contribution is -0.116. The van der Waals surface area contributed by atoms with Crippen LogP contribution in [0.15, 0.2) is 18.2 Å². The fraction of sp³-hybridized carbons (Fsp3) is 0.200. The maximum absolute atomic E-state index is 11.3. The molecule has 0 aliphatic carbocycles. The lowest BCUT2D eigenvalue weighted by Gasteiger charge is -2.23. The van der Waals surface area contributed by atoms with Crippen LogP contribution >= 0.6 is 0 Å². The van der Waals surface area contributed by atoms with Gasteiger partial charge in [-0.05, 0) is 25.1 Å². The molecular formula is C10H9N3O. The number of nitrogens with zero attached hydrogens (tertiary/aromatic N) is 1. The average molecular weight is 187 g/mol. The van der Waals surface area contributed by atoms with E-state index in [1.807, 2.05) is 6.07 Å². The van der Waals surface area contributed by atoms with Gasteiger partial charge in [-0.1, -0.05) is 0 Å². The Kier molecular flexibility index (Phi) is 1.86. The summed E-state index contributed by atoms with van der Waals surface area (Å²) in [5, 5.41) is 14.4. The normalized spacial score (nSPS) is 18.9. The molecule has 0 aromatic heterocycles. The Hall–Kier alpha value is -2.02. The second kappa shape index (κ2) is 3.04. The Bertz CT molecular complexity index is 433. The fourth-order valence-electron chi connectivity index (χ4n) is 1.38. The first kappa shape index (κ1) is 8.57.